The van der Waals surface area contributed by atoms with Crippen molar-refractivity contribution < 1.29 is 5.21 Å². The van der Waals surface area contributed by atoms with Crippen molar-refractivity contribution in [3.05, 3.63) is 71.8 Å². The molecule has 0 aliphatic heterocycles. The summed E-state index contributed by atoms with van der Waals surface area (Å²) < 4.78 is 0. The highest BCUT2D eigenvalue weighted by Crippen LogP contribution is 2.22. The molecule has 0 radical (unpaired) electrons. The normalized spacial score (nSPS) is 13.3. The second kappa shape index (κ2) is 6.01. The minimum absolute atomic E-state index is 0.124. The molecule has 2 aromatic rings. The maximum Gasteiger partial charge on any atom is 0.0617 e. The smallest absolute Gasteiger partial charge is 0.0617 e. The molecule has 2 rings (SSSR count). The number of hydrogen-bond donors (Lipinski definition) is 1. The zero-order chi connectivity index (χ0) is 12.8. The first-order chi connectivity index (χ1) is 8.81. The number of hydrogen-bond acceptors (Lipinski definition) is 2. The Morgan fingerprint density at radius 2 is 1.56 bits per heavy atom. The van der Waals surface area contributed by atoms with Gasteiger partial charge < -0.3 is 5.21 Å². The minimum atomic E-state index is 0.124. The Morgan fingerprint density at radius 1 is 1.00 bits per heavy atom. The van der Waals surface area contributed by atoms with Gasteiger partial charge in [0, 0.05) is 5.92 Å². The van der Waals surface area contributed by atoms with E-state index in [0.29, 0.717) is 0 Å². The summed E-state index contributed by atoms with van der Waals surface area (Å²) in [6.07, 6.45) is 0.848. The molecule has 0 aliphatic carbocycles. The first kappa shape index (κ1) is 12.4. The molecule has 0 aromatic heterocycles. The van der Waals surface area contributed by atoms with Crippen LogP contribution in [0.4, 0.5) is 0 Å². The summed E-state index contributed by atoms with van der Waals surface area (Å²) in [5, 5.41) is 12.4. The average Bonchev–Trinajstić information content (AvgIpc) is 2.46. The first-order valence-corrected chi connectivity index (χ1v) is 6.08. The Bertz CT molecular complexity index is 505. The van der Waals surface area contributed by atoms with Crippen LogP contribution in [0, 0.1) is 0 Å². The fourth-order valence-electron chi connectivity index (χ4n) is 2.11. The molecule has 0 amide bonds. The molecule has 0 saturated carbocycles. The summed E-state index contributed by atoms with van der Waals surface area (Å²) in [6, 6.07) is 20.4. The topological polar surface area (TPSA) is 32.6 Å². The summed E-state index contributed by atoms with van der Waals surface area (Å²) in [6.45, 7) is 1.86. The summed E-state index contributed by atoms with van der Waals surface area (Å²) in [5.41, 5.74) is 3.16. The molecule has 0 heterocycles. The van der Waals surface area contributed by atoms with E-state index in [1.807, 2.05) is 43.3 Å². The average molecular weight is 239 g/mol. The zero-order valence-electron chi connectivity index (χ0n) is 10.5. The molecule has 18 heavy (non-hydrogen) atoms. The fraction of sp³-hybridized carbons (Fsp3) is 0.188. The van der Waals surface area contributed by atoms with Crippen molar-refractivity contribution in [2.75, 3.05) is 0 Å². The number of oxime groups is 1. The van der Waals surface area contributed by atoms with Gasteiger partial charge in [-0.2, -0.15) is 0 Å². The molecule has 0 spiro atoms. The Kier molecular flexibility index (Phi) is 4.13. The fourth-order valence-corrected chi connectivity index (χ4v) is 2.11. The third-order valence-corrected chi connectivity index (χ3v) is 3.15. The molecule has 2 heteroatoms. The Balaban J connectivity index is 2.27. The van der Waals surface area contributed by atoms with E-state index in [1.54, 1.807) is 0 Å². The van der Waals surface area contributed by atoms with E-state index in [-0.39, 0.29) is 5.92 Å². The van der Waals surface area contributed by atoms with Crippen molar-refractivity contribution >= 4 is 5.71 Å². The maximum absolute atomic E-state index is 9.03. The predicted molar refractivity (Wildman–Crippen MR) is 74.2 cm³/mol. The van der Waals surface area contributed by atoms with E-state index < -0.39 is 0 Å². The van der Waals surface area contributed by atoms with Gasteiger partial charge in [-0.15, -0.1) is 0 Å². The summed E-state index contributed by atoms with van der Waals surface area (Å²) >= 11 is 0. The molecule has 0 bridgehead atoms. The van der Waals surface area contributed by atoms with E-state index in [1.165, 1.54) is 11.1 Å². The Morgan fingerprint density at radius 3 is 2.11 bits per heavy atom. The van der Waals surface area contributed by atoms with Crippen molar-refractivity contribution in [2.45, 2.75) is 19.3 Å². The summed E-state index contributed by atoms with van der Waals surface area (Å²) in [5.74, 6) is 0.124. The molecule has 0 aliphatic rings. The molecule has 0 fully saturated rings. The van der Waals surface area contributed by atoms with Crippen LogP contribution in [0.3, 0.4) is 0 Å². The van der Waals surface area contributed by atoms with Crippen molar-refractivity contribution in [3.8, 4) is 0 Å². The highest BCUT2D eigenvalue weighted by Gasteiger charge is 2.15. The third-order valence-electron chi connectivity index (χ3n) is 3.15. The molecule has 2 aromatic carbocycles. The van der Waals surface area contributed by atoms with Crippen LogP contribution in [0.5, 0.6) is 0 Å². The van der Waals surface area contributed by atoms with Gasteiger partial charge in [-0.3, -0.25) is 0 Å². The monoisotopic (exact) mass is 239 g/mol. The van der Waals surface area contributed by atoms with Crippen molar-refractivity contribution in [1.29, 1.82) is 0 Å². The van der Waals surface area contributed by atoms with Crippen LogP contribution in [0.2, 0.25) is 0 Å². The quantitative estimate of drug-likeness (QED) is 0.490. The lowest BCUT2D eigenvalue weighted by atomic mass is 9.88. The van der Waals surface area contributed by atoms with Gasteiger partial charge in [-0.1, -0.05) is 65.8 Å². The van der Waals surface area contributed by atoms with Gasteiger partial charge in [-0.05, 0) is 24.5 Å². The van der Waals surface area contributed by atoms with E-state index in [9.17, 15) is 0 Å². The number of rotatable bonds is 4. The van der Waals surface area contributed by atoms with Gasteiger partial charge >= 0.3 is 0 Å². The van der Waals surface area contributed by atoms with Gasteiger partial charge in [0.25, 0.3) is 0 Å². The predicted octanol–water partition coefficient (Wildman–Crippen LogP) is 3.86. The number of nitrogens with zero attached hydrogens (tertiary/aromatic N) is 1. The largest absolute Gasteiger partial charge is 0.411 e. The van der Waals surface area contributed by atoms with Crippen LogP contribution in [-0.4, -0.2) is 10.9 Å². The Labute approximate surface area is 108 Å². The Hall–Kier alpha value is -2.09. The van der Waals surface area contributed by atoms with Crippen LogP contribution in [0.1, 0.15) is 24.0 Å². The molecule has 2 nitrogen and oxygen atoms in total. The zero-order valence-corrected chi connectivity index (χ0v) is 10.5. The second-order valence-corrected chi connectivity index (χ2v) is 4.39. The second-order valence-electron chi connectivity index (χ2n) is 4.39. The van der Waals surface area contributed by atoms with Crippen LogP contribution < -0.4 is 0 Å². The van der Waals surface area contributed by atoms with Crippen LogP contribution in [0.25, 0.3) is 0 Å². The van der Waals surface area contributed by atoms with Crippen molar-refractivity contribution in [3.63, 3.8) is 0 Å². The van der Waals surface area contributed by atoms with Gasteiger partial charge in [0.15, 0.2) is 0 Å². The van der Waals surface area contributed by atoms with Gasteiger partial charge in [0.2, 0.25) is 0 Å². The highest BCUT2D eigenvalue weighted by molar-refractivity contribution is 5.88. The molecular weight excluding hydrogens is 222 g/mol. The van der Waals surface area contributed by atoms with E-state index in [2.05, 4.69) is 29.4 Å². The SMILES string of the molecule is C/C(=N/O)[C@@H](Cc1ccccc1)c1ccccc1. The van der Waals surface area contributed by atoms with E-state index in [4.69, 9.17) is 5.21 Å². The third kappa shape index (κ3) is 2.98. The van der Waals surface area contributed by atoms with Gasteiger partial charge in [-0.25, -0.2) is 0 Å². The van der Waals surface area contributed by atoms with Crippen molar-refractivity contribution in [1.82, 2.24) is 0 Å². The van der Waals surface area contributed by atoms with Crippen LogP contribution in [-0.2, 0) is 6.42 Å². The number of benzene rings is 2. The minimum Gasteiger partial charge on any atom is -0.411 e. The van der Waals surface area contributed by atoms with Crippen LogP contribution in [0.15, 0.2) is 65.8 Å². The summed E-state index contributed by atoms with van der Waals surface area (Å²) in [4.78, 5) is 0. The lowest BCUT2D eigenvalue weighted by Gasteiger charge is -2.16. The molecule has 0 unspecified atom stereocenters. The lowest BCUT2D eigenvalue weighted by molar-refractivity contribution is 0.316. The standard InChI is InChI=1S/C16H17NO/c1-13(17-18)16(15-10-6-3-7-11-15)12-14-8-4-2-5-9-14/h2-11,16,18H,12H2,1H3/b17-13-/t16-/m1/s1. The van der Waals surface area contributed by atoms with E-state index in [0.717, 1.165) is 12.1 Å². The van der Waals surface area contributed by atoms with E-state index >= 15 is 0 Å². The molecule has 0 saturated heterocycles. The first-order valence-electron chi connectivity index (χ1n) is 6.08. The summed E-state index contributed by atoms with van der Waals surface area (Å²) in [7, 11) is 0. The highest BCUT2D eigenvalue weighted by atomic mass is 16.4. The lowest BCUT2D eigenvalue weighted by Crippen LogP contribution is -2.12. The van der Waals surface area contributed by atoms with Gasteiger partial charge in [0.1, 0.15) is 0 Å². The molecular formula is C16H17NO. The van der Waals surface area contributed by atoms with Crippen LogP contribution >= 0.6 is 0 Å². The van der Waals surface area contributed by atoms with Gasteiger partial charge in [0.05, 0.1) is 5.71 Å². The molecule has 92 valence electrons. The van der Waals surface area contributed by atoms with Crippen molar-refractivity contribution in [2.24, 2.45) is 5.16 Å². The molecule has 1 atom stereocenters. The molecule has 1 N–H and O–H groups in total. The maximum atomic E-state index is 9.03.